The van der Waals surface area contributed by atoms with E-state index in [1.54, 1.807) is 17.4 Å². The van der Waals surface area contributed by atoms with E-state index in [-0.39, 0.29) is 24.3 Å². The van der Waals surface area contributed by atoms with Gasteiger partial charge in [-0.2, -0.15) is 0 Å². The Kier molecular flexibility index (Phi) is 5.06. The van der Waals surface area contributed by atoms with E-state index in [2.05, 4.69) is 0 Å². The predicted molar refractivity (Wildman–Crippen MR) is 98.4 cm³/mol. The van der Waals surface area contributed by atoms with Gasteiger partial charge in [-0.1, -0.05) is 17.7 Å². The SMILES string of the molecule is Cc1ccc(OCCN2C(=O)S/C(=C\c3sccc3C)C2=O)cc1. The molecule has 1 aromatic carbocycles. The molecule has 24 heavy (non-hydrogen) atoms. The Bertz CT molecular complexity index is 793. The highest BCUT2D eigenvalue weighted by Gasteiger charge is 2.34. The van der Waals surface area contributed by atoms with Crippen LogP contribution in [0.2, 0.25) is 0 Å². The van der Waals surface area contributed by atoms with Gasteiger partial charge in [0.25, 0.3) is 11.1 Å². The van der Waals surface area contributed by atoms with Gasteiger partial charge in [-0.05, 0) is 60.8 Å². The molecule has 1 aromatic heterocycles. The molecule has 6 heteroatoms. The lowest BCUT2D eigenvalue weighted by atomic mass is 10.2. The van der Waals surface area contributed by atoms with Crippen LogP contribution in [0.1, 0.15) is 16.0 Å². The average molecular weight is 359 g/mol. The largest absolute Gasteiger partial charge is 0.492 e. The third-order valence-electron chi connectivity index (χ3n) is 3.64. The minimum Gasteiger partial charge on any atom is -0.492 e. The number of carbonyl (C=O) groups excluding carboxylic acids is 2. The highest BCUT2D eigenvalue weighted by Crippen LogP contribution is 2.33. The molecule has 1 fully saturated rings. The van der Waals surface area contributed by atoms with Crippen LogP contribution in [0.4, 0.5) is 4.79 Å². The number of imide groups is 1. The molecule has 4 nitrogen and oxygen atoms in total. The Morgan fingerprint density at radius 1 is 1.12 bits per heavy atom. The molecule has 0 N–H and O–H groups in total. The summed E-state index contributed by atoms with van der Waals surface area (Å²) in [5, 5.41) is 1.73. The molecule has 1 aliphatic rings. The highest BCUT2D eigenvalue weighted by molar-refractivity contribution is 8.18. The van der Waals surface area contributed by atoms with Crippen molar-refractivity contribution in [1.29, 1.82) is 0 Å². The van der Waals surface area contributed by atoms with E-state index in [9.17, 15) is 9.59 Å². The molecule has 1 saturated heterocycles. The molecule has 0 spiro atoms. The monoisotopic (exact) mass is 359 g/mol. The minimum atomic E-state index is -0.245. The van der Waals surface area contributed by atoms with Crippen molar-refractivity contribution in [2.24, 2.45) is 0 Å². The molecule has 0 bridgehead atoms. The summed E-state index contributed by atoms with van der Waals surface area (Å²) in [6.07, 6.45) is 1.80. The summed E-state index contributed by atoms with van der Waals surface area (Å²) in [4.78, 5) is 27.2. The smallest absolute Gasteiger partial charge is 0.293 e. The molecule has 0 saturated carbocycles. The van der Waals surface area contributed by atoms with Crippen molar-refractivity contribution in [3.63, 3.8) is 0 Å². The van der Waals surface area contributed by atoms with Crippen LogP contribution in [0.15, 0.2) is 40.6 Å². The Hall–Kier alpha value is -2.05. The van der Waals surface area contributed by atoms with E-state index in [0.29, 0.717) is 4.91 Å². The van der Waals surface area contributed by atoms with Crippen LogP contribution < -0.4 is 4.74 Å². The molecule has 2 heterocycles. The molecule has 2 amide bonds. The maximum Gasteiger partial charge on any atom is 0.293 e. The molecule has 124 valence electrons. The number of hydrogen-bond acceptors (Lipinski definition) is 5. The van der Waals surface area contributed by atoms with Crippen LogP contribution in [0, 0.1) is 13.8 Å². The number of ether oxygens (including phenoxy) is 1. The fourth-order valence-corrected chi connectivity index (χ4v) is 4.01. The standard InChI is InChI=1S/C18H17NO3S2/c1-12-3-5-14(6-4-12)22-9-8-19-17(20)16(24-18(19)21)11-15-13(2)7-10-23-15/h3-7,10-11H,8-9H2,1-2H3/b16-11-. The van der Waals surface area contributed by atoms with Gasteiger partial charge in [-0.25, -0.2) is 0 Å². The van der Waals surface area contributed by atoms with Crippen molar-refractivity contribution in [2.75, 3.05) is 13.2 Å². The Labute approximate surface area is 149 Å². The summed E-state index contributed by atoms with van der Waals surface area (Å²) >= 11 is 2.55. The van der Waals surface area contributed by atoms with Crippen LogP contribution in [0.5, 0.6) is 5.75 Å². The lowest BCUT2D eigenvalue weighted by Gasteiger charge is -2.13. The number of rotatable bonds is 5. The Morgan fingerprint density at radius 3 is 2.54 bits per heavy atom. The summed E-state index contributed by atoms with van der Waals surface area (Å²) in [5.74, 6) is 0.489. The summed E-state index contributed by atoms with van der Waals surface area (Å²) in [6, 6.07) is 9.67. The Balaban J connectivity index is 1.61. The van der Waals surface area contributed by atoms with Gasteiger partial charge in [-0.15, -0.1) is 11.3 Å². The fraction of sp³-hybridized carbons (Fsp3) is 0.222. The lowest BCUT2D eigenvalue weighted by molar-refractivity contribution is -0.123. The van der Waals surface area contributed by atoms with Crippen LogP contribution in [-0.4, -0.2) is 29.2 Å². The molecular formula is C18H17NO3S2. The van der Waals surface area contributed by atoms with E-state index in [1.807, 2.05) is 49.6 Å². The predicted octanol–water partition coefficient (Wildman–Crippen LogP) is 4.48. The summed E-state index contributed by atoms with van der Waals surface area (Å²) in [7, 11) is 0. The topological polar surface area (TPSA) is 46.6 Å². The zero-order valence-corrected chi connectivity index (χ0v) is 15.1. The molecule has 0 atom stereocenters. The van der Waals surface area contributed by atoms with Crippen LogP contribution in [-0.2, 0) is 4.79 Å². The molecule has 0 aliphatic carbocycles. The molecule has 0 unspecified atom stereocenters. The molecular weight excluding hydrogens is 342 g/mol. The number of carbonyl (C=O) groups is 2. The van der Waals surface area contributed by atoms with Crippen molar-refractivity contribution in [1.82, 2.24) is 4.90 Å². The normalized spacial score (nSPS) is 16.2. The van der Waals surface area contributed by atoms with Gasteiger partial charge in [0.2, 0.25) is 0 Å². The van der Waals surface area contributed by atoms with Gasteiger partial charge in [0.15, 0.2) is 0 Å². The number of thioether (sulfide) groups is 1. The van der Waals surface area contributed by atoms with Gasteiger partial charge < -0.3 is 4.74 Å². The first-order valence-electron chi connectivity index (χ1n) is 7.53. The summed E-state index contributed by atoms with van der Waals surface area (Å²) in [5.41, 5.74) is 2.26. The third-order valence-corrected chi connectivity index (χ3v) is 5.52. The number of hydrogen-bond donors (Lipinski definition) is 0. The zero-order chi connectivity index (χ0) is 17.1. The number of thiophene rings is 1. The molecule has 0 radical (unpaired) electrons. The summed E-state index contributed by atoms with van der Waals surface area (Å²) < 4.78 is 5.61. The molecule has 1 aliphatic heterocycles. The first-order chi connectivity index (χ1) is 11.5. The van der Waals surface area contributed by atoms with E-state index in [4.69, 9.17) is 4.74 Å². The van der Waals surface area contributed by atoms with E-state index < -0.39 is 0 Å². The van der Waals surface area contributed by atoms with Crippen molar-refractivity contribution in [3.05, 3.63) is 56.6 Å². The van der Waals surface area contributed by atoms with Gasteiger partial charge in [-0.3, -0.25) is 14.5 Å². The molecule has 2 aromatic rings. The third kappa shape index (κ3) is 3.71. The first-order valence-corrected chi connectivity index (χ1v) is 9.23. The van der Waals surface area contributed by atoms with E-state index in [1.165, 1.54) is 4.90 Å². The van der Waals surface area contributed by atoms with Crippen molar-refractivity contribution >= 4 is 40.3 Å². The number of aryl methyl sites for hydroxylation is 2. The van der Waals surface area contributed by atoms with Gasteiger partial charge in [0, 0.05) is 4.88 Å². The van der Waals surface area contributed by atoms with Crippen LogP contribution in [0.25, 0.3) is 6.08 Å². The van der Waals surface area contributed by atoms with Crippen molar-refractivity contribution in [3.8, 4) is 5.75 Å². The van der Waals surface area contributed by atoms with Crippen molar-refractivity contribution in [2.45, 2.75) is 13.8 Å². The lowest BCUT2D eigenvalue weighted by Crippen LogP contribution is -2.32. The quantitative estimate of drug-likeness (QED) is 0.739. The average Bonchev–Trinajstić information content (AvgIpc) is 3.07. The second kappa shape index (κ2) is 7.23. The first kappa shape index (κ1) is 16.8. The van der Waals surface area contributed by atoms with Crippen LogP contribution in [0.3, 0.4) is 0 Å². The zero-order valence-electron chi connectivity index (χ0n) is 13.4. The van der Waals surface area contributed by atoms with Gasteiger partial charge >= 0.3 is 0 Å². The highest BCUT2D eigenvalue weighted by atomic mass is 32.2. The maximum absolute atomic E-state index is 12.4. The fourth-order valence-electron chi connectivity index (χ4n) is 2.23. The number of amides is 2. The Morgan fingerprint density at radius 2 is 1.88 bits per heavy atom. The van der Waals surface area contributed by atoms with Gasteiger partial charge in [0.1, 0.15) is 12.4 Å². The molecule has 3 rings (SSSR count). The second-order valence-electron chi connectivity index (χ2n) is 5.46. The maximum atomic E-state index is 12.4. The minimum absolute atomic E-state index is 0.243. The number of nitrogens with zero attached hydrogens (tertiary/aromatic N) is 1. The summed E-state index contributed by atoms with van der Waals surface area (Å²) in [6.45, 7) is 4.53. The van der Waals surface area contributed by atoms with Gasteiger partial charge in [0.05, 0.1) is 11.4 Å². The van der Waals surface area contributed by atoms with Crippen LogP contribution >= 0.6 is 23.1 Å². The van der Waals surface area contributed by atoms with E-state index in [0.717, 1.165) is 33.5 Å². The second-order valence-corrected chi connectivity index (χ2v) is 7.40. The van der Waals surface area contributed by atoms with E-state index >= 15 is 0 Å². The van der Waals surface area contributed by atoms with Crippen molar-refractivity contribution < 1.29 is 14.3 Å². The number of benzene rings is 1.